The number of nitrogens with two attached hydrogens (primary N) is 1. The molecule has 0 amide bonds. The standard InChI is InChI=1S/C15H23N5/c1-11(2)19-7-5-12(6-8-19)9-14-17-15-4-3-13(16)10-20(15)18-14/h3-4,10-12H,5-9,16H2,1-2H3. The molecular formula is C15H23N5. The van der Waals surface area contributed by atoms with Gasteiger partial charge in [-0.25, -0.2) is 9.50 Å². The predicted octanol–water partition coefficient (Wildman–Crippen LogP) is 1.97. The number of piperidine rings is 1. The first-order chi connectivity index (χ1) is 9.61. The molecule has 2 aromatic heterocycles. The molecule has 20 heavy (non-hydrogen) atoms. The van der Waals surface area contributed by atoms with Crippen LogP contribution in [0.15, 0.2) is 18.3 Å². The maximum Gasteiger partial charge on any atom is 0.155 e. The predicted molar refractivity (Wildman–Crippen MR) is 80.5 cm³/mol. The highest BCUT2D eigenvalue weighted by Crippen LogP contribution is 2.22. The Morgan fingerprint density at radius 2 is 2.05 bits per heavy atom. The minimum Gasteiger partial charge on any atom is -0.397 e. The smallest absolute Gasteiger partial charge is 0.155 e. The number of fused-ring (bicyclic) bond motifs is 1. The second kappa shape index (κ2) is 5.40. The van der Waals surface area contributed by atoms with Crippen LogP contribution in [0.1, 0.15) is 32.5 Å². The highest BCUT2D eigenvalue weighted by Gasteiger charge is 2.22. The summed E-state index contributed by atoms with van der Waals surface area (Å²) < 4.78 is 1.79. The van der Waals surface area contributed by atoms with E-state index in [1.54, 1.807) is 4.52 Å². The first kappa shape index (κ1) is 13.4. The SMILES string of the molecule is CC(C)N1CCC(Cc2nc3ccc(N)cn3n2)CC1. The van der Waals surface area contributed by atoms with E-state index in [1.165, 1.54) is 25.9 Å². The molecule has 1 saturated heterocycles. The molecule has 108 valence electrons. The van der Waals surface area contributed by atoms with Crippen LogP contribution in [0.5, 0.6) is 0 Å². The fourth-order valence-electron chi connectivity index (χ4n) is 2.96. The third kappa shape index (κ3) is 2.77. The van der Waals surface area contributed by atoms with E-state index < -0.39 is 0 Å². The van der Waals surface area contributed by atoms with Gasteiger partial charge in [0.1, 0.15) is 0 Å². The van der Waals surface area contributed by atoms with Gasteiger partial charge in [0.15, 0.2) is 11.5 Å². The van der Waals surface area contributed by atoms with Gasteiger partial charge in [-0.05, 0) is 57.8 Å². The second-order valence-corrected chi connectivity index (χ2v) is 6.07. The Bertz CT molecular complexity index is 581. The van der Waals surface area contributed by atoms with Gasteiger partial charge in [0.2, 0.25) is 0 Å². The van der Waals surface area contributed by atoms with E-state index in [9.17, 15) is 0 Å². The van der Waals surface area contributed by atoms with Crippen LogP contribution in [-0.2, 0) is 6.42 Å². The van der Waals surface area contributed by atoms with Crippen molar-refractivity contribution >= 4 is 11.3 Å². The number of hydrogen-bond acceptors (Lipinski definition) is 4. The van der Waals surface area contributed by atoms with Gasteiger partial charge in [0.05, 0.1) is 11.9 Å². The highest BCUT2D eigenvalue weighted by atomic mass is 15.3. The molecule has 0 aliphatic carbocycles. The lowest BCUT2D eigenvalue weighted by molar-refractivity contribution is 0.148. The molecule has 1 fully saturated rings. The normalized spacial score (nSPS) is 18.1. The molecule has 3 heterocycles. The lowest BCUT2D eigenvalue weighted by Gasteiger charge is -2.34. The summed E-state index contributed by atoms with van der Waals surface area (Å²) in [6.45, 7) is 6.94. The molecule has 0 bridgehead atoms. The Balaban J connectivity index is 1.65. The summed E-state index contributed by atoms with van der Waals surface area (Å²) in [4.78, 5) is 7.13. The van der Waals surface area contributed by atoms with Gasteiger partial charge in [0.25, 0.3) is 0 Å². The van der Waals surface area contributed by atoms with Gasteiger partial charge in [-0.1, -0.05) is 0 Å². The molecule has 0 atom stereocenters. The first-order valence-corrected chi connectivity index (χ1v) is 7.46. The largest absolute Gasteiger partial charge is 0.397 e. The summed E-state index contributed by atoms with van der Waals surface area (Å²) in [7, 11) is 0. The maximum atomic E-state index is 5.77. The second-order valence-electron chi connectivity index (χ2n) is 6.07. The Kier molecular flexibility index (Phi) is 3.61. The molecule has 2 N–H and O–H groups in total. The van der Waals surface area contributed by atoms with E-state index in [2.05, 4.69) is 28.8 Å². The number of pyridine rings is 1. The molecule has 0 aromatic carbocycles. The van der Waals surface area contributed by atoms with Gasteiger partial charge in [-0.15, -0.1) is 0 Å². The molecule has 0 saturated carbocycles. The zero-order valence-electron chi connectivity index (χ0n) is 12.3. The molecule has 1 aliphatic heterocycles. The number of hydrogen-bond donors (Lipinski definition) is 1. The van der Waals surface area contributed by atoms with Crippen molar-refractivity contribution in [2.24, 2.45) is 5.92 Å². The van der Waals surface area contributed by atoms with Crippen molar-refractivity contribution in [1.82, 2.24) is 19.5 Å². The zero-order valence-corrected chi connectivity index (χ0v) is 12.3. The van der Waals surface area contributed by atoms with Crippen LogP contribution in [0, 0.1) is 5.92 Å². The first-order valence-electron chi connectivity index (χ1n) is 7.46. The quantitative estimate of drug-likeness (QED) is 0.929. The van der Waals surface area contributed by atoms with Crippen molar-refractivity contribution in [3.05, 3.63) is 24.2 Å². The summed E-state index contributed by atoms with van der Waals surface area (Å²) in [5.74, 6) is 1.65. The molecule has 2 aromatic rings. The highest BCUT2D eigenvalue weighted by molar-refractivity contribution is 5.46. The molecule has 0 unspecified atom stereocenters. The van der Waals surface area contributed by atoms with Crippen LogP contribution in [0.3, 0.4) is 0 Å². The minimum absolute atomic E-state index is 0.659. The summed E-state index contributed by atoms with van der Waals surface area (Å²) in [6.07, 6.45) is 5.30. The number of aromatic nitrogens is 3. The average molecular weight is 273 g/mol. The lowest BCUT2D eigenvalue weighted by Crippen LogP contribution is -2.38. The Morgan fingerprint density at radius 3 is 2.75 bits per heavy atom. The maximum absolute atomic E-state index is 5.77. The number of anilines is 1. The van der Waals surface area contributed by atoms with Gasteiger partial charge in [0, 0.05) is 12.5 Å². The van der Waals surface area contributed by atoms with Crippen molar-refractivity contribution in [1.29, 1.82) is 0 Å². The van der Waals surface area contributed by atoms with Gasteiger partial charge in [-0.2, -0.15) is 5.10 Å². The third-order valence-electron chi connectivity index (χ3n) is 4.25. The van der Waals surface area contributed by atoms with E-state index in [-0.39, 0.29) is 0 Å². The van der Waals surface area contributed by atoms with Crippen molar-refractivity contribution in [3.63, 3.8) is 0 Å². The summed E-state index contributed by atoms with van der Waals surface area (Å²) in [5.41, 5.74) is 7.37. The van der Waals surface area contributed by atoms with Crippen LogP contribution < -0.4 is 5.73 Å². The van der Waals surface area contributed by atoms with Crippen molar-refractivity contribution < 1.29 is 0 Å². The van der Waals surface area contributed by atoms with Crippen LogP contribution in [0.25, 0.3) is 5.65 Å². The molecule has 5 nitrogen and oxygen atoms in total. The monoisotopic (exact) mass is 273 g/mol. The average Bonchev–Trinajstić information content (AvgIpc) is 2.80. The number of nitrogen functional groups attached to an aromatic ring is 1. The van der Waals surface area contributed by atoms with E-state index in [4.69, 9.17) is 5.73 Å². The van der Waals surface area contributed by atoms with Crippen LogP contribution in [0.2, 0.25) is 0 Å². The van der Waals surface area contributed by atoms with Crippen molar-refractivity contribution in [2.75, 3.05) is 18.8 Å². The fourth-order valence-corrected chi connectivity index (χ4v) is 2.96. The zero-order chi connectivity index (χ0) is 14.1. The Hall–Kier alpha value is -1.62. The number of likely N-dealkylation sites (tertiary alicyclic amines) is 1. The lowest BCUT2D eigenvalue weighted by atomic mass is 9.93. The molecule has 0 spiro atoms. The summed E-state index contributed by atoms with van der Waals surface area (Å²) in [5, 5.41) is 4.53. The summed E-state index contributed by atoms with van der Waals surface area (Å²) >= 11 is 0. The topological polar surface area (TPSA) is 59.5 Å². The van der Waals surface area contributed by atoms with Crippen LogP contribution in [-0.4, -0.2) is 38.6 Å². The fraction of sp³-hybridized carbons (Fsp3) is 0.600. The van der Waals surface area contributed by atoms with E-state index in [0.717, 1.165) is 23.6 Å². The third-order valence-corrected chi connectivity index (χ3v) is 4.25. The number of rotatable bonds is 3. The van der Waals surface area contributed by atoms with E-state index >= 15 is 0 Å². The van der Waals surface area contributed by atoms with Crippen LogP contribution in [0.4, 0.5) is 5.69 Å². The summed E-state index contributed by atoms with van der Waals surface area (Å²) in [6, 6.07) is 4.45. The van der Waals surface area contributed by atoms with E-state index in [1.807, 2.05) is 18.3 Å². The molecule has 0 radical (unpaired) electrons. The molecule has 5 heteroatoms. The van der Waals surface area contributed by atoms with Crippen molar-refractivity contribution in [2.45, 2.75) is 39.2 Å². The van der Waals surface area contributed by atoms with Crippen LogP contribution >= 0.6 is 0 Å². The van der Waals surface area contributed by atoms with Gasteiger partial charge in [-0.3, -0.25) is 0 Å². The molecular weight excluding hydrogens is 250 g/mol. The Labute approximate surface area is 119 Å². The van der Waals surface area contributed by atoms with E-state index in [0.29, 0.717) is 12.0 Å². The molecule has 1 aliphatic rings. The van der Waals surface area contributed by atoms with Gasteiger partial charge >= 0.3 is 0 Å². The minimum atomic E-state index is 0.659. The Morgan fingerprint density at radius 1 is 1.30 bits per heavy atom. The number of nitrogens with zero attached hydrogens (tertiary/aromatic N) is 4. The van der Waals surface area contributed by atoms with Gasteiger partial charge < -0.3 is 10.6 Å². The van der Waals surface area contributed by atoms with Crippen molar-refractivity contribution in [3.8, 4) is 0 Å². The molecule has 3 rings (SSSR count).